The summed E-state index contributed by atoms with van der Waals surface area (Å²) in [6, 6.07) is 5.96. The fourth-order valence-electron chi connectivity index (χ4n) is 1.95. The minimum absolute atomic E-state index is 0.238. The molecule has 0 bridgehead atoms. The van der Waals surface area contributed by atoms with Crippen molar-refractivity contribution < 1.29 is 9.84 Å². The number of ether oxygens (including phenoxy) is 1. The average Bonchev–Trinajstić information content (AvgIpc) is 2.27. The number of rotatable bonds is 5. The van der Waals surface area contributed by atoms with Crippen LogP contribution in [0.25, 0.3) is 0 Å². The number of benzene rings is 1. The lowest BCUT2D eigenvalue weighted by atomic mass is 9.78. The van der Waals surface area contributed by atoms with E-state index in [1.54, 1.807) is 7.11 Å². The smallest absolute Gasteiger partial charge is 0.133 e. The lowest BCUT2D eigenvalue weighted by molar-refractivity contribution is 0.110. The second-order valence-corrected chi connectivity index (χ2v) is 7.18. The molecule has 19 heavy (non-hydrogen) atoms. The molecule has 0 aliphatic heterocycles. The van der Waals surface area contributed by atoms with Gasteiger partial charge in [-0.15, -0.1) is 0 Å². The minimum atomic E-state index is -0.297. The summed E-state index contributed by atoms with van der Waals surface area (Å²) in [5.41, 5.74) is 1.36. The average molecular weight is 329 g/mol. The number of hydrogen-bond donors (Lipinski definition) is 1. The topological polar surface area (TPSA) is 29.5 Å². The van der Waals surface area contributed by atoms with Crippen molar-refractivity contribution in [2.45, 2.75) is 46.6 Å². The lowest BCUT2D eigenvalue weighted by Gasteiger charge is -2.29. The molecular weight excluding hydrogens is 304 g/mol. The molecule has 1 aromatic carbocycles. The summed E-state index contributed by atoms with van der Waals surface area (Å²) in [5.74, 6) is 1.31. The van der Waals surface area contributed by atoms with Crippen LogP contribution in [-0.2, 0) is 6.42 Å². The standard InChI is InChI=1S/C16H25BrO2/c1-11(16(2,3)4)8-13(18)9-12-6-7-15(19-5)14(17)10-12/h6-7,10-11,13,18H,8-9H2,1-5H3. The maximum absolute atomic E-state index is 10.2. The van der Waals surface area contributed by atoms with E-state index in [-0.39, 0.29) is 11.5 Å². The second-order valence-electron chi connectivity index (χ2n) is 6.33. The third-order valence-electron chi connectivity index (χ3n) is 3.79. The van der Waals surface area contributed by atoms with E-state index >= 15 is 0 Å². The van der Waals surface area contributed by atoms with Gasteiger partial charge in [0, 0.05) is 0 Å². The molecule has 0 saturated heterocycles. The summed E-state index contributed by atoms with van der Waals surface area (Å²) in [7, 11) is 1.65. The van der Waals surface area contributed by atoms with Gasteiger partial charge in [-0.1, -0.05) is 33.8 Å². The van der Waals surface area contributed by atoms with E-state index in [0.717, 1.165) is 22.2 Å². The summed E-state index contributed by atoms with van der Waals surface area (Å²) < 4.78 is 6.14. The van der Waals surface area contributed by atoms with Gasteiger partial charge in [-0.2, -0.15) is 0 Å². The Morgan fingerprint density at radius 1 is 1.32 bits per heavy atom. The Balaban J connectivity index is 2.62. The highest BCUT2D eigenvalue weighted by Crippen LogP contribution is 2.30. The summed E-state index contributed by atoms with van der Waals surface area (Å²) in [6.45, 7) is 8.85. The summed E-state index contributed by atoms with van der Waals surface area (Å²) in [5, 5.41) is 10.2. The molecule has 2 atom stereocenters. The van der Waals surface area contributed by atoms with Crippen molar-refractivity contribution >= 4 is 15.9 Å². The maximum Gasteiger partial charge on any atom is 0.133 e. The highest BCUT2D eigenvalue weighted by molar-refractivity contribution is 9.10. The molecule has 0 aliphatic carbocycles. The minimum Gasteiger partial charge on any atom is -0.496 e. The van der Waals surface area contributed by atoms with E-state index in [1.807, 2.05) is 18.2 Å². The van der Waals surface area contributed by atoms with E-state index in [9.17, 15) is 5.11 Å². The Hall–Kier alpha value is -0.540. The van der Waals surface area contributed by atoms with Crippen LogP contribution >= 0.6 is 15.9 Å². The number of hydrogen-bond acceptors (Lipinski definition) is 2. The van der Waals surface area contributed by atoms with Gasteiger partial charge in [0.1, 0.15) is 5.75 Å². The molecule has 0 spiro atoms. The zero-order valence-corrected chi connectivity index (χ0v) is 14.1. The number of methoxy groups -OCH3 is 1. The molecule has 0 aliphatic rings. The quantitative estimate of drug-likeness (QED) is 0.866. The van der Waals surface area contributed by atoms with Gasteiger partial charge in [-0.3, -0.25) is 0 Å². The molecule has 0 radical (unpaired) electrons. The molecule has 0 fully saturated rings. The molecule has 1 N–H and O–H groups in total. The zero-order valence-electron chi connectivity index (χ0n) is 12.5. The van der Waals surface area contributed by atoms with Crippen LogP contribution in [0.1, 0.15) is 39.7 Å². The van der Waals surface area contributed by atoms with Crippen LogP contribution in [0.2, 0.25) is 0 Å². The lowest BCUT2D eigenvalue weighted by Crippen LogP contribution is -2.24. The van der Waals surface area contributed by atoms with Gasteiger partial charge in [-0.25, -0.2) is 0 Å². The molecule has 0 saturated carbocycles. The predicted octanol–water partition coefficient (Wildman–Crippen LogP) is 4.43. The molecule has 0 heterocycles. The maximum atomic E-state index is 10.2. The summed E-state index contributed by atoms with van der Waals surface area (Å²) >= 11 is 3.47. The van der Waals surface area contributed by atoms with Gasteiger partial charge < -0.3 is 9.84 Å². The van der Waals surface area contributed by atoms with Crippen LogP contribution in [-0.4, -0.2) is 18.3 Å². The first-order chi connectivity index (χ1) is 8.74. The van der Waals surface area contributed by atoms with E-state index in [4.69, 9.17) is 4.74 Å². The molecule has 3 heteroatoms. The Labute approximate surface area is 125 Å². The first-order valence-corrected chi connectivity index (χ1v) is 7.53. The van der Waals surface area contributed by atoms with Crippen LogP contribution < -0.4 is 4.74 Å². The van der Waals surface area contributed by atoms with Gasteiger partial charge in [0.15, 0.2) is 0 Å². The normalized spacial score (nSPS) is 15.1. The highest BCUT2D eigenvalue weighted by Gasteiger charge is 2.22. The van der Waals surface area contributed by atoms with Gasteiger partial charge in [0.05, 0.1) is 17.7 Å². The Kier molecular flexibility index (Phi) is 5.87. The third-order valence-corrected chi connectivity index (χ3v) is 4.41. The monoisotopic (exact) mass is 328 g/mol. The van der Waals surface area contributed by atoms with Crippen molar-refractivity contribution in [2.24, 2.45) is 11.3 Å². The molecule has 0 aromatic heterocycles. The van der Waals surface area contributed by atoms with Gasteiger partial charge >= 0.3 is 0 Å². The molecule has 108 valence electrons. The molecule has 2 unspecified atom stereocenters. The van der Waals surface area contributed by atoms with Crippen LogP contribution in [0.3, 0.4) is 0 Å². The number of aliphatic hydroxyl groups excluding tert-OH is 1. The van der Waals surface area contributed by atoms with E-state index in [0.29, 0.717) is 12.3 Å². The third kappa shape index (κ3) is 5.15. The van der Waals surface area contributed by atoms with Crippen molar-refractivity contribution in [1.29, 1.82) is 0 Å². The molecule has 0 amide bonds. The van der Waals surface area contributed by atoms with Crippen molar-refractivity contribution in [3.8, 4) is 5.75 Å². The van der Waals surface area contributed by atoms with Crippen LogP contribution in [0.15, 0.2) is 22.7 Å². The number of halogens is 1. The van der Waals surface area contributed by atoms with Gasteiger partial charge in [-0.05, 0) is 57.8 Å². The van der Waals surface area contributed by atoms with Crippen molar-refractivity contribution in [1.82, 2.24) is 0 Å². The van der Waals surface area contributed by atoms with Crippen LogP contribution in [0, 0.1) is 11.3 Å². The zero-order chi connectivity index (χ0) is 14.6. The molecule has 1 aromatic rings. The Morgan fingerprint density at radius 3 is 2.42 bits per heavy atom. The van der Waals surface area contributed by atoms with Gasteiger partial charge in [0.25, 0.3) is 0 Å². The van der Waals surface area contributed by atoms with Crippen molar-refractivity contribution in [3.05, 3.63) is 28.2 Å². The predicted molar refractivity (Wildman–Crippen MR) is 83.6 cm³/mol. The fourth-order valence-corrected chi connectivity index (χ4v) is 2.54. The Bertz CT molecular complexity index is 410. The van der Waals surface area contributed by atoms with Crippen molar-refractivity contribution in [2.75, 3.05) is 7.11 Å². The van der Waals surface area contributed by atoms with Gasteiger partial charge in [0.2, 0.25) is 0 Å². The summed E-state index contributed by atoms with van der Waals surface area (Å²) in [4.78, 5) is 0. The highest BCUT2D eigenvalue weighted by atomic mass is 79.9. The second kappa shape index (κ2) is 6.76. The first-order valence-electron chi connectivity index (χ1n) is 6.74. The Morgan fingerprint density at radius 2 is 1.95 bits per heavy atom. The molecular formula is C16H25BrO2. The SMILES string of the molecule is COc1ccc(CC(O)CC(C)C(C)(C)C)cc1Br. The van der Waals surface area contributed by atoms with Crippen molar-refractivity contribution in [3.63, 3.8) is 0 Å². The summed E-state index contributed by atoms with van der Waals surface area (Å²) in [6.07, 6.45) is 1.21. The molecule has 2 nitrogen and oxygen atoms in total. The largest absolute Gasteiger partial charge is 0.496 e. The van der Waals surface area contributed by atoms with E-state index in [2.05, 4.69) is 43.6 Å². The van der Waals surface area contributed by atoms with E-state index in [1.165, 1.54) is 0 Å². The van der Waals surface area contributed by atoms with Crippen LogP contribution in [0.5, 0.6) is 5.75 Å². The fraction of sp³-hybridized carbons (Fsp3) is 0.625. The number of aliphatic hydroxyl groups is 1. The van der Waals surface area contributed by atoms with Crippen LogP contribution in [0.4, 0.5) is 0 Å². The first kappa shape index (κ1) is 16.5. The molecule has 1 rings (SSSR count). The van der Waals surface area contributed by atoms with E-state index < -0.39 is 0 Å².